The number of benzene rings is 2. The van der Waals surface area contributed by atoms with Gasteiger partial charge in [-0.25, -0.2) is 12.8 Å². The number of nitrogens with zero attached hydrogens (tertiary/aromatic N) is 1. The number of hydrogen-bond acceptors (Lipinski definition) is 4. The molecule has 3 rings (SSSR count). The molecule has 0 aromatic heterocycles. The first-order valence-electron chi connectivity index (χ1n) is 8.18. The molecule has 1 aliphatic heterocycles. The number of anilines is 1. The van der Waals surface area contributed by atoms with Crippen molar-refractivity contribution in [1.29, 1.82) is 0 Å². The van der Waals surface area contributed by atoms with E-state index in [1.54, 1.807) is 13.0 Å². The quantitative estimate of drug-likeness (QED) is 0.846. The van der Waals surface area contributed by atoms with Gasteiger partial charge in [-0.1, -0.05) is 30.3 Å². The van der Waals surface area contributed by atoms with Crippen molar-refractivity contribution in [3.8, 4) is 0 Å². The molecule has 1 aliphatic rings. The molecule has 6 nitrogen and oxygen atoms in total. The van der Waals surface area contributed by atoms with E-state index in [4.69, 9.17) is 0 Å². The van der Waals surface area contributed by atoms with Gasteiger partial charge in [-0.15, -0.1) is 0 Å². The van der Waals surface area contributed by atoms with Crippen LogP contribution >= 0.6 is 0 Å². The third-order valence-corrected chi connectivity index (χ3v) is 5.64. The summed E-state index contributed by atoms with van der Waals surface area (Å²) >= 11 is 0. The summed E-state index contributed by atoms with van der Waals surface area (Å²) in [5, 5.41) is 2.74. The molecule has 0 saturated heterocycles. The van der Waals surface area contributed by atoms with Crippen molar-refractivity contribution >= 4 is 32.4 Å². The molecular weight excluding hydrogens is 369 g/mol. The van der Waals surface area contributed by atoms with Crippen molar-refractivity contribution in [3.05, 3.63) is 71.0 Å². The number of carbonyl (C=O) groups excluding carboxylic acids is 1. The number of hydrogen-bond donors (Lipinski definition) is 2. The van der Waals surface area contributed by atoms with Gasteiger partial charge >= 0.3 is 0 Å². The average Bonchev–Trinajstić information content (AvgIpc) is 2.85. The Hall–Kier alpha value is -3.00. The van der Waals surface area contributed by atoms with Crippen LogP contribution in [0.15, 0.2) is 59.1 Å². The zero-order valence-corrected chi connectivity index (χ0v) is 15.6. The van der Waals surface area contributed by atoms with Crippen molar-refractivity contribution in [2.45, 2.75) is 13.8 Å². The highest BCUT2D eigenvalue weighted by molar-refractivity contribution is 8.00. The standard InChI is InChI=1S/C19H18FN3O3S/c1-12-5-3-4-6-16(12)22-17(24)11-21-19-13(2)18(27(25,26)23-19)14-7-9-15(20)10-8-14/h3-10H,11H2,1-2H3,(H,21,23)(H,22,24). The van der Waals surface area contributed by atoms with Gasteiger partial charge in [-0.2, -0.15) is 0 Å². The van der Waals surface area contributed by atoms with E-state index in [0.29, 0.717) is 16.8 Å². The Labute approximate surface area is 156 Å². The number of halogens is 1. The van der Waals surface area contributed by atoms with Gasteiger partial charge < -0.3 is 5.32 Å². The third kappa shape index (κ3) is 4.06. The molecule has 1 heterocycles. The van der Waals surface area contributed by atoms with Crippen molar-refractivity contribution in [3.63, 3.8) is 0 Å². The first kappa shape index (κ1) is 18.8. The van der Waals surface area contributed by atoms with Crippen LogP contribution in [-0.2, 0) is 14.8 Å². The van der Waals surface area contributed by atoms with E-state index in [1.807, 2.05) is 25.1 Å². The van der Waals surface area contributed by atoms with Crippen LogP contribution in [0.25, 0.3) is 4.91 Å². The molecule has 0 aliphatic carbocycles. The number of amidine groups is 1. The lowest BCUT2D eigenvalue weighted by atomic mass is 10.1. The van der Waals surface area contributed by atoms with Crippen LogP contribution < -0.4 is 10.0 Å². The largest absolute Gasteiger partial charge is 0.324 e. The van der Waals surface area contributed by atoms with Crippen LogP contribution in [0.4, 0.5) is 10.1 Å². The molecule has 0 fully saturated rings. The van der Waals surface area contributed by atoms with Gasteiger partial charge in [0.2, 0.25) is 5.91 Å². The second-order valence-electron chi connectivity index (χ2n) is 6.09. The first-order chi connectivity index (χ1) is 12.8. The maximum absolute atomic E-state index is 13.1. The Morgan fingerprint density at radius 3 is 2.44 bits per heavy atom. The summed E-state index contributed by atoms with van der Waals surface area (Å²) in [5.41, 5.74) is 2.32. The minimum absolute atomic E-state index is 0.0283. The maximum Gasteiger partial charge on any atom is 0.264 e. The van der Waals surface area contributed by atoms with E-state index in [-0.39, 0.29) is 23.2 Å². The van der Waals surface area contributed by atoms with E-state index < -0.39 is 15.8 Å². The summed E-state index contributed by atoms with van der Waals surface area (Å²) in [7, 11) is -3.82. The molecular formula is C19H18FN3O3S. The SMILES string of the molecule is CC1=C(c2ccc(F)cc2)S(=O)(=O)NC1=NCC(=O)Nc1ccccc1C. The Kier molecular flexibility index (Phi) is 5.09. The van der Waals surface area contributed by atoms with Crippen LogP contribution in [0.3, 0.4) is 0 Å². The molecule has 0 atom stereocenters. The fourth-order valence-corrected chi connectivity index (χ4v) is 4.26. The lowest BCUT2D eigenvalue weighted by molar-refractivity contribution is -0.114. The third-order valence-electron chi connectivity index (χ3n) is 4.10. The molecule has 27 heavy (non-hydrogen) atoms. The molecule has 0 saturated carbocycles. The number of rotatable bonds is 4. The van der Waals surface area contributed by atoms with Crippen LogP contribution in [0, 0.1) is 12.7 Å². The molecule has 0 unspecified atom stereocenters. The van der Waals surface area contributed by atoms with Gasteiger partial charge in [0.25, 0.3) is 10.0 Å². The zero-order chi connectivity index (χ0) is 19.6. The minimum atomic E-state index is -3.82. The lowest BCUT2D eigenvalue weighted by Gasteiger charge is -2.06. The van der Waals surface area contributed by atoms with Crippen LogP contribution in [0.2, 0.25) is 0 Å². The second kappa shape index (κ2) is 7.32. The number of para-hydroxylation sites is 1. The number of aryl methyl sites for hydroxylation is 1. The predicted molar refractivity (Wildman–Crippen MR) is 103 cm³/mol. The molecule has 2 aromatic carbocycles. The Morgan fingerprint density at radius 1 is 1.11 bits per heavy atom. The molecule has 8 heteroatoms. The number of nitrogens with one attached hydrogen (secondary N) is 2. The number of aliphatic imine (C=N–C) groups is 1. The van der Waals surface area contributed by atoms with Crippen molar-refractivity contribution < 1.29 is 17.6 Å². The molecule has 2 N–H and O–H groups in total. The van der Waals surface area contributed by atoms with E-state index in [1.165, 1.54) is 24.3 Å². The molecule has 0 radical (unpaired) electrons. The molecule has 140 valence electrons. The lowest BCUT2D eigenvalue weighted by Crippen LogP contribution is -2.25. The van der Waals surface area contributed by atoms with Crippen molar-refractivity contribution in [2.24, 2.45) is 4.99 Å². The van der Waals surface area contributed by atoms with Gasteiger partial charge in [0.05, 0.1) is 0 Å². The van der Waals surface area contributed by atoms with Gasteiger partial charge in [-0.05, 0) is 43.2 Å². The highest BCUT2D eigenvalue weighted by Gasteiger charge is 2.32. The molecule has 1 amide bonds. The molecule has 2 aromatic rings. The van der Waals surface area contributed by atoms with E-state index in [0.717, 1.165) is 5.56 Å². The van der Waals surface area contributed by atoms with Crippen LogP contribution in [-0.4, -0.2) is 26.7 Å². The van der Waals surface area contributed by atoms with Crippen LogP contribution in [0.5, 0.6) is 0 Å². The Balaban J connectivity index is 1.81. The zero-order valence-electron chi connectivity index (χ0n) is 14.8. The summed E-state index contributed by atoms with van der Waals surface area (Å²) in [6, 6.07) is 12.5. The number of sulfonamides is 1. The first-order valence-corrected chi connectivity index (χ1v) is 9.66. The van der Waals surface area contributed by atoms with Gasteiger partial charge in [-0.3, -0.25) is 14.5 Å². The Morgan fingerprint density at radius 2 is 1.78 bits per heavy atom. The highest BCUT2D eigenvalue weighted by atomic mass is 32.2. The number of amides is 1. The minimum Gasteiger partial charge on any atom is -0.324 e. The fraction of sp³-hybridized carbons (Fsp3) is 0.158. The van der Waals surface area contributed by atoms with Gasteiger partial charge in [0.15, 0.2) is 0 Å². The van der Waals surface area contributed by atoms with Gasteiger partial charge in [0, 0.05) is 11.3 Å². The summed E-state index contributed by atoms with van der Waals surface area (Å²) in [5.74, 6) is -0.713. The van der Waals surface area contributed by atoms with Gasteiger partial charge in [0.1, 0.15) is 23.1 Å². The van der Waals surface area contributed by atoms with E-state index >= 15 is 0 Å². The summed E-state index contributed by atoms with van der Waals surface area (Å²) in [4.78, 5) is 16.3. The second-order valence-corrected chi connectivity index (χ2v) is 7.71. The van der Waals surface area contributed by atoms with E-state index in [9.17, 15) is 17.6 Å². The predicted octanol–water partition coefficient (Wildman–Crippen LogP) is 2.84. The fourth-order valence-electron chi connectivity index (χ4n) is 2.74. The summed E-state index contributed by atoms with van der Waals surface area (Å²) < 4.78 is 40.3. The summed E-state index contributed by atoms with van der Waals surface area (Å²) in [6.07, 6.45) is 0. The monoisotopic (exact) mass is 387 g/mol. The van der Waals surface area contributed by atoms with E-state index in [2.05, 4.69) is 15.0 Å². The van der Waals surface area contributed by atoms with Crippen molar-refractivity contribution in [1.82, 2.24) is 4.72 Å². The summed E-state index contributed by atoms with van der Waals surface area (Å²) in [6.45, 7) is 3.23. The normalized spacial score (nSPS) is 17.1. The van der Waals surface area contributed by atoms with Crippen molar-refractivity contribution in [2.75, 3.05) is 11.9 Å². The Bertz CT molecular complexity index is 1060. The highest BCUT2D eigenvalue weighted by Crippen LogP contribution is 2.29. The average molecular weight is 387 g/mol. The smallest absolute Gasteiger partial charge is 0.264 e. The topological polar surface area (TPSA) is 87.6 Å². The van der Waals surface area contributed by atoms with Crippen LogP contribution in [0.1, 0.15) is 18.1 Å². The molecule has 0 spiro atoms. The maximum atomic E-state index is 13.1. The molecule has 0 bridgehead atoms. The number of carbonyl (C=O) groups is 1.